The molecule has 8 heteroatoms. The van der Waals surface area contributed by atoms with Crippen LogP contribution in [0.25, 0.3) is 10.2 Å². The zero-order chi connectivity index (χ0) is 17.1. The van der Waals surface area contributed by atoms with Crippen LogP contribution in [0.1, 0.15) is 4.88 Å². The van der Waals surface area contributed by atoms with Crippen molar-refractivity contribution in [2.75, 3.05) is 13.7 Å². The van der Waals surface area contributed by atoms with E-state index in [1.54, 1.807) is 13.2 Å². The lowest BCUT2D eigenvalue weighted by molar-refractivity contribution is -0.117. The van der Waals surface area contributed by atoms with Gasteiger partial charge in [0.25, 0.3) is 5.91 Å². The molecular weight excluding hydrogens is 387 g/mol. The Balaban J connectivity index is 1.98. The van der Waals surface area contributed by atoms with Gasteiger partial charge in [-0.25, -0.2) is 0 Å². The third kappa shape index (κ3) is 4.07. The van der Waals surface area contributed by atoms with Crippen molar-refractivity contribution in [2.45, 2.75) is 13.0 Å². The fourth-order valence-electron chi connectivity index (χ4n) is 2.27. The fourth-order valence-corrected chi connectivity index (χ4v) is 4.70. The fraction of sp³-hybridized carbons (Fsp3) is 0.250. The Bertz CT molecular complexity index is 943. The van der Waals surface area contributed by atoms with Crippen LogP contribution in [0.5, 0.6) is 0 Å². The number of rotatable bonds is 5. The maximum Gasteiger partial charge on any atom is 0.253 e. The number of carbonyl (C=O) groups is 1. The van der Waals surface area contributed by atoms with Crippen LogP contribution in [0.3, 0.4) is 0 Å². The van der Waals surface area contributed by atoms with E-state index in [2.05, 4.69) is 4.99 Å². The molecule has 3 rings (SSSR count). The van der Waals surface area contributed by atoms with Crippen molar-refractivity contribution in [3.8, 4) is 0 Å². The predicted octanol–water partition coefficient (Wildman–Crippen LogP) is 4.39. The summed E-state index contributed by atoms with van der Waals surface area (Å²) in [6.45, 7) is 1.16. The van der Waals surface area contributed by atoms with Crippen molar-refractivity contribution in [3.05, 3.63) is 49.4 Å². The quantitative estimate of drug-likeness (QED) is 0.637. The van der Waals surface area contributed by atoms with Gasteiger partial charge in [-0.05, 0) is 30.3 Å². The number of thiazole rings is 1. The minimum Gasteiger partial charge on any atom is -0.383 e. The highest BCUT2D eigenvalue weighted by Gasteiger charge is 2.10. The van der Waals surface area contributed by atoms with Crippen molar-refractivity contribution >= 4 is 62.0 Å². The van der Waals surface area contributed by atoms with Crippen LogP contribution in [0, 0.1) is 0 Å². The molecular formula is C16H14Cl2N2O2S2. The largest absolute Gasteiger partial charge is 0.383 e. The Labute approximate surface area is 156 Å². The van der Waals surface area contributed by atoms with E-state index in [0.717, 1.165) is 15.1 Å². The molecule has 24 heavy (non-hydrogen) atoms. The summed E-state index contributed by atoms with van der Waals surface area (Å²) in [4.78, 5) is 18.1. The molecule has 0 aliphatic heterocycles. The highest BCUT2D eigenvalue weighted by molar-refractivity contribution is 7.16. The molecule has 0 fully saturated rings. The third-order valence-electron chi connectivity index (χ3n) is 3.34. The maximum atomic E-state index is 12.3. The van der Waals surface area contributed by atoms with E-state index < -0.39 is 0 Å². The molecule has 4 nitrogen and oxygen atoms in total. The van der Waals surface area contributed by atoms with Gasteiger partial charge in [-0.2, -0.15) is 4.99 Å². The lowest BCUT2D eigenvalue weighted by Gasteiger charge is -2.04. The summed E-state index contributed by atoms with van der Waals surface area (Å²) in [6.07, 6.45) is 0.247. The molecule has 2 heterocycles. The van der Waals surface area contributed by atoms with Crippen LogP contribution in [0.15, 0.2) is 35.3 Å². The summed E-state index contributed by atoms with van der Waals surface area (Å²) in [7, 11) is 1.65. The van der Waals surface area contributed by atoms with Crippen LogP contribution in [-0.4, -0.2) is 24.2 Å². The molecule has 1 aromatic carbocycles. The second-order valence-electron chi connectivity index (χ2n) is 5.03. The molecule has 0 aliphatic rings. The normalized spacial score (nSPS) is 12.2. The third-order valence-corrected chi connectivity index (χ3v) is 5.85. The molecule has 0 unspecified atom stereocenters. The van der Waals surface area contributed by atoms with Gasteiger partial charge in [-0.15, -0.1) is 11.3 Å². The molecule has 0 aliphatic carbocycles. The number of aromatic nitrogens is 1. The second-order valence-corrected chi connectivity index (χ2v) is 8.27. The number of halogens is 2. The molecule has 2 aromatic heterocycles. The number of nitrogens with zero attached hydrogens (tertiary/aromatic N) is 2. The lowest BCUT2D eigenvalue weighted by atomic mass is 10.3. The van der Waals surface area contributed by atoms with Gasteiger partial charge < -0.3 is 9.30 Å². The molecule has 0 N–H and O–H groups in total. The zero-order valence-corrected chi connectivity index (χ0v) is 15.9. The summed E-state index contributed by atoms with van der Waals surface area (Å²) in [6, 6.07) is 9.29. The summed E-state index contributed by atoms with van der Waals surface area (Å²) < 4.78 is 8.81. The topological polar surface area (TPSA) is 43.6 Å². The maximum absolute atomic E-state index is 12.3. The number of thiophene rings is 1. The number of ether oxygens (including phenoxy) is 1. The molecule has 0 atom stereocenters. The molecule has 1 amide bonds. The van der Waals surface area contributed by atoms with Crippen LogP contribution >= 0.6 is 45.9 Å². The van der Waals surface area contributed by atoms with E-state index in [0.29, 0.717) is 27.3 Å². The van der Waals surface area contributed by atoms with Gasteiger partial charge in [0, 0.05) is 23.6 Å². The number of methoxy groups -OCH3 is 1. The van der Waals surface area contributed by atoms with E-state index >= 15 is 0 Å². The summed E-state index contributed by atoms with van der Waals surface area (Å²) in [5, 5.41) is 0.661. The molecule has 0 saturated heterocycles. The molecule has 0 saturated carbocycles. The first-order valence-electron chi connectivity index (χ1n) is 7.16. The minimum atomic E-state index is -0.197. The lowest BCUT2D eigenvalue weighted by Crippen LogP contribution is -2.19. The SMILES string of the molecule is COCCn1c(=NC(=O)Cc2ccc(Cl)s2)sc2cc(Cl)ccc21. The first-order chi connectivity index (χ1) is 11.6. The molecule has 0 bridgehead atoms. The van der Waals surface area contributed by atoms with Gasteiger partial charge in [0.15, 0.2) is 4.80 Å². The van der Waals surface area contributed by atoms with Crippen LogP contribution in [0.2, 0.25) is 9.36 Å². The van der Waals surface area contributed by atoms with Gasteiger partial charge in [0.1, 0.15) is 0 Å². The van der Waals surface area contributed by atoms with Crippen molar-refractivity contribution in [3.63, 3.8) is 0 Å². The number of fused-ring (bicyclic) bond motifs is 1. The Morgan fingerprint density at radius 1 is 1.25 bits per heavy atom. The second kappa shape index (κ2) is 7.80. The minimum absolute atomic E-state index is 0.197. The number of benzene rings is 1. The van der Waals surface area contributed by atoms with Crippen molar-refractivity contribution in [1.29, 1.82) is 0 Å². The first kappa shape index (κ1) is 17.6. The van der Waals surface area contributed by atoms with Gasteiger partial charge >= 0.3 is 0 Å². The Morgan fingerprint density at radius 2 is 2.08 bits per heavy atom. The monoisotopic (exact) mass is 400 g/mol. The van der Waals surface area contributed by atoms with Crippen molar-refractivity contribution in [2.24, 2.45) is 4.99 Å². The van der Waals surface area contributed by atoms with Crippen molar-refractivity contribution < 1.29 is 9.53 Å². The number of carbonyl (C=O) groups excluding carboxylic acids is 1. The first-order valence-corrected chi connectivity index (χ1v) is 9.55. The molecule has 3 aromatic rings. The van der Waals surface area contributed by atoms with Gasteiger partial charge in [0.05, 0.1) is 27.6 Å². The molecule has 0 radical (unpaired) electrons. The standard InChI is InChI=1S/C16H14Cl2N2O2S2/c1-22-7-6-20-12-4-2-10(17)8-13(12)24-16(20)19-15(21)9-11-3-5-14(18)23-11/h2-5,8H,6-7,9H2,1H3. The van der Waals surface area contributed by atoms with Gasteiger partial charge in [0.2, 0.25) is 0 Å². The average molecular weight is 401 g/mol. The number of amides is 1. The summed E-state index contributed by atoms with van der Waals surface area (Å²) in [5.41, 5.74) is 0.993. The Hall–Kier alpha value is -1.18. The predicted molar refractivity (Wildman–Crippen MR) is 100 cm³/mol. The van der Waals surface area contributed by atoms with Crippen LogP contribution in [-0.2, 0) is 22.5 Å². The summed E-state index contributed by atoms with van der Waals surface area (Å²) >= 11 is 14.8. The van der Waals surface area contributed by atoms with Crippen LogP contribution < -0.4 is 4.80 Å². The van der Waals surface area contributed by atoms with E-state index in [1.807, 2.05) is 28.8 Å². The van der Waals surface area contributed by atoms with E-state index in [-0.39, 0.29) is 12.3 Å². The highest BCUT2D eigenvalue weighted by Crippen LogP contribution is 2.23. The summed E-state index contributed by atoms with van der Waals surface area (Å²) in [5.74, 6) is -0.197. The van der Waals surface area contributed by atoms with E-state index in [1.165, 1.54) is 22.7 Å². The van der Waals surface area contributed by atoms with Crippen LogP contribution in [0.4, 0.5) is 0 Å². The van der Waals surface area contributed by atoms with E-state index in [9.17, 15) is 4.79 Å². The van der Waals surface area contributed by atoms with E-state index in [4.69, 9.17) is 27.9 Å². The van der Waals surface area contributed by atoms with Crippen molar-refractivity contribution in [1.82, 2.24) is 4.57 Å². The van der Waals surface area contributed by atoms with Gasteiger partial charge in [-0.3, -0.25) is 4.79 Å². The highest BCUT2D eigenvalue weighted by atomic mass is 35.5. The molecule has 0 spiro atoms. The zero-order valence-electron chi connectivity index (χ0n) is 12.8. The number of hydrogen-bond acceptors (Lipinski definition) is 4. The smallest absolute Gasteiger partial charge is 0.253 e. The Morgan fingerprint density at radius 3 is 2.79 bits per heavy atom. The molecule has 126 valence electrons. The number of hydrogen-bond donors (Lipinski definition) is 0. The average Bonchev–Trinajstić information content (AvgIpc) is 3.08. The van der Waals surface area contributed by atoms with Gasteiger partial charge in [-0.1, -0.05) is 34.5 Å². The Kier molecular flexibility index (Phi) is 5.73.